The van der Waals surface area contributed by atoms with Gasteiger partial charge in [-0.05, 0) is 45.4 Å². The van der Waals surface area contributed by atoms with Crippen LogP contribution >= 0.6 is 0 Å². The molecule has 0 saturated heterocycles. The topological polar surface area (TPSA) is 74.2 Å². The second-order valence-electron chi connectivity index (χ2n) is 5.29. The maximum atomic E-state index is 5.72. The molecular formula is C13H23N3O2. The molecule has 1 unspecified atom stereocenters. The second kappa shape index (κ2) is 5.80. The van der Waals surface area contributed by atoms with E-state index in [2.05, 4.69) is 10.1 Å². The number of aromatic nitrogens is 2. The molecule has 0 spiro atoms. The van der Waals surface area contributed by atoms with Crippen LogP contribution in [0.1, 0.15) is 57.2 Å². The molecule has 18 heavy (non-hydrogen) atoms. The van der Waals surface area contributed by atoms with Crippen molar-refractivity contribution in [3.05, 3.63) is 11.7 Å². The third-order valence-electron chi connectivity index (χ3n) is 3.73. The molecule has 1 aromatic heterocycles. The molecule has 0 radical (unpaired) electrons. The van der Waals surface area contributed by atoms with E-state index in [-0.39, 0.29) is 11.6 Å². The van der Waals surface area contributed by atoms with Crippen molar-refractivity contribution >= 4 is 0 Å². The fourth-order valence-corrected chi connectivity index (χ4v) is 2.58. The number of rotatable bonds is 6. The van der Waals surface area contributed by atoms with Crippen LogP contribution in [0.5, 0.6) is 0 Å². The van der Waals surface area contributed by atoms with Crippen molar-refractivity contribution in [2.45, 2.75) is 63.5 Å². The molecule has 1 aliphatic carbocycles. The summed E-state index contributed by atoms with van der Waals surface area (Å²) >= 11 is 0. The van der Waals surface area contributed by atoms with Gasteiger partial charge < -0.3 is 15.0 Å². The number of methoxy groups -OCH3 is 1. The maximum absolute atomic E-state index is 5.72. The largest absolute Gasteiger partial charge is 0.370 e. The van der Waals surface area contributed by atoms with E-state index in [4.69, 9.17) is 15.0 Å². The summed E-state index contributed by atoms with van der Waals surface area (Å²) in [6.07, 6.45) is 7.08. The van der Waals surface area contributed by atoms with Gasteiger partial charge in [-0.25, -0.2) is 0 Å². The van der Waals surface area contributed by atoms with Crippen molar-refractivity contribution < 1.29 is 9.26 Å². The molecule has 5 nitrogen and oxygen atoms in total. The third kappa shape index (κ3) is 2.90. The smallest absolute Gasteiger partial charge is 0.226 e. The molecule has 1 heterocycles. The Hall–Kier alpha value is -0.940. The van der Waals surface area contributed by atoms with E-state index >= 15 is 0 Å². The zero-order valence-electron chi connectivity index (χ0n) is 11.3. The van der Waals surface area contributed by atoms with Crippen LogP contribution < -0.4 is 5.73 Å². The van der Waals surface area contributed by atoms with E-state index in [1.54, 1.807) is 7.11 Å². The van der Waals surface area contributed by atoms with Crippen LogP contribution in [0, 0.1) is 0 Å². The highest BCUT2D eigenvalue weighted by molar-refractivity contribution is 5.04. The Labute approximate surface area is 108 Å². The van der Waals surface area contributed by atoms with Crippen molar-refractivity contribution in [2.24, 2.45) is 5.73 Å². The van der Waals surface area contributed by atoms with Crippen molar-refractivity contribution in [1.82, 2.24) is 10.1 Å². The molecule has 1 atom stereocenters. The summed E-state index contributed by atoms with van der Waals surface area (Å²) in [6.45, 7) is 2.01. The van der Waals surface area contributed by atoms with Crippen molar-refractivity contribution in [3.63, 3.8) is 0 Å². The van der Waals surface area contributed by atoms with E-state index < -0.39 is 0 Å². The van der Waals surface area contributed by atoms with Crippen molar-refractivity contribution in [2.75, 3.05) is 7.11 Å². The molecule has 1 aliphatic rings. The molecule has 1 fully saturated rings. The predicted octanol–water partition coefficient (Wildman–Crippen LogP) is 2.16. The Bertz CT molecular complexity index is 370. The maximum Gasteiger partial charge on any atom is 0.226 e. The molecular weight excluding hydrogens is 230 g/mol. The van der Waals surface area contributed by atoms with Crippen LogP contribution in [0.25, 0.3) is 0 Å². The Morgan fingerprint density at radius 2 is 2.17 bits per heavy atom. The number of hydrogen-bond acceptors (Lipinski definition) is 5. The van der Waals surface area contributed by atoms with Crippen molar-refractivity contribution in [1.29, 1.82) is 0 Å². The quantitative estimate of drug-likeness (QED) is 0.840. The molecule has 5 heteroatoms. The zero-order valence-corrected chi connectivity index (χ0v) is 11.3. The Morgan fingerprint density at radius 1 is 1.44 bits per heavy atom. The number of ether oxygens (including phenoxy) is 1. The van der Waals surface area contributed by atoms with Crippen molar-refractivity contribution in [3.8, 4) is 0 Å². The average molecular weight is 253 g/mol. The minimum absolute atomic E-state index is 0.229. The summed E-state index contributed by atoms with van der Waals surface area (Å²) in [5.41, 5.74) is 5.41. The van der Waals surface area contributed by atoms with E-state index in [0.717, 1.165) is 37.9 Å². The fraction of sp³-hybridized carbons (Fsp3) is 0.846. The third-order valence-corrected chi connectivity index (χ3v) is 3.73. The Balaban J connectivity index is 1.96. The highest BCUT2D eigenvalue weighted by atomic mass is 16.5. The molecule has 0 aliphatic heterocycles. The second-order valence-corrected chi connectivity index (χ2v) is 5.29. The Kier molecular flexibility index (Phi) is 4.35. The standard InChI is InChI=1S/C13H23N3O2/c1-10(14)6-5-7-11-15-12(16-18-11)13(17-2)8-3-4-9-13/h10H,3-9,14H2,1-2H3. The van der Waals surface area contributed by atoms with Gasteiger partial charge in [-0.15, -0.1) is 0 Å². The van der Waals surface area contributed by atoms with Gasteiger partial charge in [-0.1, -0.05) is 5.16 Å². The van der Waals surface area contributed by atoms with Crippen LogP contribution in [0.2, 0.25) is 0 Å². The lowest BCUT2D eigenvalue weighted by Crippen LogP contribution is -2.26. The average Bonchev–Trinajstić information content (AvgIpc) is 2.97. The van der Waals surface area contributed by atoms with Gasteiger partial charge in [-0.3, -0.25) is 0 Å². The van der Waals surface area contributed by atoms with Gasteiger partial charge in [0.1, 0.15) is 5.60 Å². The van der Waals surface area contributed by atoms with E-state index in [1.165, 1.54) is 12.8 Å². The normalized spacial score (nSPS) is 20.2. The minimum atomic E-state index is -0.303. The molecule has 1 aromatic rings. The summed E-state index contributed by atoms with van der Waals surface area (Å²) < 4.78 is 10.9. The van der Waals surface area contributed by atoms with Crippen LogP contribution in [0.3, 0.4) is 0 Å². The van der Waals surface area contributed by atoms with Crippen LogP contribution in [-0.2, 0) is 16.8 Å². The van der Waals surface area contributed by atoms with Crippen LogP contribution in [-0.4, -0.2) is 23.3 Å². The predicted molar refractivity (Wildman–Crippen MR) is 68.0 cm³/mol. The summed E-state index contributed by atoms with van der Waals surface area (Å²) in [7, 11) is 1.73. The Morgan fingerprint density at radius 3 is 2.78 bits per heavy atom. The first-order chi connectivity index (χ1) is 8.66. The van der Waals surface area contributed by atoms with E-state index in [0.29, 0.717) is 5.89 Å². The lowest BCUT2D eigenvalue weighted by atomic mass is 10.0. The molecule has 0 amide bonds. The number of nitrogens with two attached hydrogens (primary N) is 1. The minimum Gasteiger partial charge on any atom is -0.370 e. The molecule has 2 N–H and O–H groups in total. The van der Waals surface area contributed by atoms with Crippen LogP contribution in [0.15, 0.2) is 4.52 Å². The van der Waals surface area contributed by atoms with Gasteiger partial charge in [0, 0.05) is 19.6 Å². The summed E-state index contributed by atoms with van der Waals surface area (Å²) in [5, 5.41) is 4.10. The van der Waals surface area contributed by atoms with Gasteiger partial charge in [-0.2, -0.15) is 4.98 Å². The molecule has 2 rings (SSSR count). The van der Waals surface area contributed by atoms with Crippen LogP contribution in [0.4, 0.5) is 0 Å². The van der Waals surface area contributed by atoms with E-state index in [1.807, 2.05) is 6.92 Å². The molecule has 1 saturated carbocycles. The van der Waals surface area contributed by atoms with Gasteiger partial charge >= 0.3 is 0 Å². The lowest BCUT2D eigenvalue weighted by molar-refractivity contribution is -0.0178. The van der Waals surface area contributed by atoms with Gasteiger partial charge in [0.05, 0.1) is 0 Å². The van der Waals surface area contributed by atoms with Gasteiger partial charge in [0.25, 0.3) is 0 Å². The number of aryl methyl sites for hydroxylation is 1. The lowest BCUT2D eigenvalue weighted by Gasteiger charge is -2.22. The van der Waals surface area contributed by atoms with E-state index in [9.17, 15) is 0 Å². The number of hydrogen-bond donors (Lipinski definition) is 1. The summed E-state index contributed by atoms with van der Waals surface area (Å²) in [6, 6.07) is 0.229. The summed E-state index contributed by atoms with van der Waals surface area (Å²) in [4.78, 5) is 4.49. The first-order valence-corrected chi connectivity index (χ1v) is 6.80. The molecule has 102 valence electrons. The first kappa shape index (κ1) is 13.5. The highest BCUT2D eigenvalue weighted by Gasteiger charge is 2.40. The SMILES string of the molecule is COC1(c2noc(CCCC(C)N)n2)CCCC1. The number of nitrogens with zero attached hydrogens (tertiary/aromatic N) is 2. The monoisotopic (exact) mass is 253 g/mol. The van der Waals surface area contributed by atoms with Gasteiger partial charge in [0.15, 0.2) is 0 Å². The fourth-order valence-electron chi connectivity index (χ4n) is 2.58. The molecule has 0 bridgehead atoms. The molecule has 0 aromatic carbocycles. The summed E-state index contributed by atoms with van der Waals surface area (Å²) in [5.74, 6) is 1.42. The zero-order chi connectivity index (χ0) is 13.0. The highest BCUT2D eigenvalue weighted by Crippen LogP contribution is 2.40. The van der Waals surface area contributed by atoms with Gasteiger partial charge in [0.2, 0.25) is 11.7 Å². The first-order valence-electron chi connectivity index (χ1n) is 6.80.